The zero-order valence-corrected chi connectivity index (χ0v) is 13.1. The maximum Gasteiger partial charge on any atom is 0.311 e. The van der Waals surface area contributed by atoms with Crippen LogP contribution in [0.1, 0.15) is 16.8 Å². The fraction of sp³-hybridized carbons (Fsp3) is 0.471. The van der Waals surface area contributed by atoms with E-state index in [-0.39, 0.29) is 11.8 Å². The number of carbonyl (C=O) groups is 3. The number of esters is 2. The lowest BCUT2D eigenvalue weighted by atomic mass is 9.83. The van der Waals surface area contributed by atoms with Gasteiger partial charge in [-0.25, -0.2) is 0 Å². The van der Waals surface area contributed by atoms with Crippen molar-refractivity contribution in [2.75, 3.05) is 20.8 Å². The van der Waals surface area contributed by atoms with E-state index in [1.165, 1.54) is 14.2 Å². The van der Waals surface area contributed by atoms with E-state index in [0.717, 1.165) is 6.42 Å². The highest BCUT2D eigenvalue weighted by Crippen LogP contribution is 2.44. The van der Waals surface area contributed by atoms with Crippen LogP contribution in [0.3, 0.4) is 0 Å². The van der Waals surface area contributed by atoms with E-state index in [1.807, 2.05) is 11.0 Å². The van der Waals surface area contributed by atoms with E-state index in [0.29, 0.717) is 12.1 Å². The molecular weight excluding hydrogens is 298 g/mol. The van der Waals surface area contributed by atoms with Gasteiger partial charge in [0.15, 0.2) is 5.78 Å². The first kappa shape index (κ1) is 15.7. The standard InChI is InChI=1S/C17H19NO5/c1-22-16(20)12-11-8-9-18(11)14(13(12)17(21)23-2)15(19)10-6-4-3-5-7-10/h3-7,11-14H,8-9H2,1-2H3/t11-,12+,13-,14-/m1/s1. The Morgan fingerprint density at radius 2 is 1.61 bits per heavy atom. The van der Waals surface area contributed by atoms with E-state index in [4.69, 9.17) is 9.47 Å². The Hall–Kier alpha value is -2.21. The van der Waals surface area contributed by atoms with E-state index in [2.05, 4.69) is 0 Å². The van der Waals surface area contributed by atoms with Gasteiger partial charge in [0.05, 0.1) is 32.1 Å². The fourth-order valence-corrected chi connectivity index (χ4v) is 3.74. The maximum absolute atomic E-state index is 12.9. The summed E-state index contributed by atoms with van der Waals surface area (Å²) >= 11 is 0. The van der Waals surface area contributed by atoms with Crippen molar-refractivity contribution in [3.05, 3.63) is 35.9 Å². The lowest BCUT2D eigenvalue weighted by Gasteiger charge is -2.39. The number of ether oxygens (including phenoxy) is 2. The number of fused-ring (bicyclic) bond motifs is 1. The van der Waals surface area contributed by atoms with Gasteiger partial charge >= 0.3 is 11.9 Å². The molecule has 2 aliphatic rings. The molecule has 0 N–H and O–H groups in total. The van der Waals surface area contributed by atoms with E-state index in [1.54, 1.807) is 24.3 Å². The van der Waals surface area contributed by atoms with Crippen LogP contribution in [0.5, 0.6) is 0 Å². The van der Waals surface area contributed by atoms with Crippen LogP contribution in [-0.4, -0.2) is 55.5 Å². The number of hydrogen-bond donors (Lipinski definition) is 0. The number of hydrogen-bond acceptors (Lipinski definition) is 6. The predicted molar refractivity (Wildman–Crippen MR) is 80.7 cm³/mol. The average Bonchev–Trinajstić information content (AvgIpc) is 2.80. The molecule has 1 aromatic rings. The minimum absolute atomic E-state index is 0.135. The highest BCUT2D eigenvalue weighted by Gasteiger charge is 2.61. The van der Waals surface area contributed by atoms with Gasteiger partial charge in [0.25, 0.3) is 0 Å². The molecule has 2 heterocycles. The van der Waals surface area contributed by atoms with Crippen LogP contribution in [0.2, 0.25) is 0 Å². The Balaban J connectivity index is 1.98. The van der Waals surface area contributed by atoms with Gasteiger partial charge in [0.1, 0.15) is 0 Å². The topological polar surface area (TPSA) is 72.9 Å². The summed E-state index contributed by atoms with van der Waals surface area (Å²) in [7, 11) is 2.57. The van der Waals surface area contributed by atoms with Crippen molar-refractivity contribution in [3.8, 4) is 0 Å². The van der Waals surface area contributed by atoms with Crippen molar-refractivity contribution >= 4 is 17.7 Å². The highest BCUT2D eigenvalue weighted by atomic mass is 16.5. The predicted octanol–water partition coefficient (Wildman–Crippen LogP) is 0.904. The van der Waals surface area contributed by atoms with Gasteiger partial charge in [-0.2, -0.15) is 0 Å². The number of ketones is 1. The molecule has 2 fully saturated rings. The molecule has 0 spiro atoms. The number of nitrogens with zero attached hydrogens (tertiary/aromatic N) is 1. The van der Waals surface area contributed by atoms with Crippen LogP contribution < -0.4 is 0 Å². The smallest absolute Gasteiger partial charge is 0.311 e. The summed E-state index contributed by atoms with van der Waals surface area (Å²) < 4.78 is 9.73. The SMILES string of the molecule is COC(=O)[C@@H]1[C@@H](C(=O)OC)[C@H](C(=O)c2ccccc2)N2CC[C@H]12. The van der Waals surface area contributed by atoms with Crippen LogP contribution in [0.25, 0.3) is 0 Å². The Kier molecular flexibility index (Phi) is 4.17. The number of methoxy groups -OCH3 is 2. The molecule has 0 aromatic heterocycles. The van der Waals surface area contributed by atoms with E-state index in [9.17, 15) is 14.4 Å². The molecule has 3 rings (SSSR count). The molecule has 0 saturated carbocycles. The third-order valence-corrected chi connectivity index (χ3v) is 4.88. The third-order valence-electron chi connectivity index (χ3n) is 4.88. The molecule has 4 atom stereocenters. The molecule has 2 aliphatic heterocycles. The molecule has 0 radical (unpaired) electrons. The quantitative estimate of drug-likeness (QED) is 0.607. The first-order valence-corrected chi connectivity index (χ1v) is 7.60. The van der Waals surface area contributed by atoms with Gasteiger partial charge < -0.3 is 9.47 Å². The number of Topliss-reactive ketones (excluding diaryl/α,β-unsaturated/α-hetero) is 1. The molecule has 0 unspecified atom stereocenters. The second-order valence-corrected chi connectivity index (χ2v) is 5.87. The fourth-order valence-electron chi connectivity index (χ4n) is 3.74. The lowest BCUT2D eigenvalue weighted by Crippen LogP contribution is -2.52. The van der Waals surface area contributed by atoms with Crippen molar-refractivity contribution in [3.63, 3.8) is 0 Å². The second kappa shape index (κ2) is 6.12. The van der Waals surface area contributed by atoms with Crippen molar-refractivity contribution in [1.29, 1.82) is 0 Å². The number of carbonyl (C=O) groups excluding carboxylic acids is 3. The molecular formula is C17H19NO5. The summed E-state index contributed by atoms with van der Waals surface area (Å²) in [5.41, 5.74) is 0.530. The van der Waals surface area contributed by atoms with Gasteiger partial charge in [0, 0.05) is 18.2 Å². The molecule has 6 nitrogen and oxygen atoms in total. The maximum atomic E-state index is 12.9. The van der Waals surface area contributed by atoms with Crippen molar-refractivity contribution in [2.24, 2.45) is 11.8 Å². The van der Waals surface area contributed by atoms with Gasteiger partial charge in [-0.3, -0.25) is 19.3 Å². The molecule has 122 valence electrons. The zero-order valence-electron chi connectivity index (χ0n) is 13.1. The van der Waals surface area contributed by atoms with E-state index >= 15 is 0 Å². The van der Waals surface area contributed by atoms with Crippen LogP contribution in [0.4, 0.5) is 0 Å². The highest BCUT2D eigenvalue weighted by molar-refractivity contribution is 6.04. The largest absolute Gasteiger partial charge is 0.469 e. The number of rotatable bonds is 4. The molecule has 2 saturated heterocycles. The first-order valence-electron chi connectivity index (χ1n) is 7.60. The van der Waals surface area contributed by atoms with Gasteiger partial charge in [-0.1, -0.05) is 30.3 Å². The summed E-state index contributed by atoms with van der Waals surface area (Å²) in [4.78, 5) is 39.3. The Bertz CT molecular complexity index is 629. The Morgan fingerprint density at radius 3 is 2.13 bits per heavy atom. The summed E-state index contributed by atoms with van der Waals surface area (Å²) in [5, 5.41) is 0. The molecule has 0 bridgehead atoms. The summed E-state index contributed by atoms with van der Waals surface area (Å²) in [6.07, 6.45) is 0.770. The molecule has 23 heavy (non-hydrogen) atoms. The van der Waals surface area contributed by atoms with Gasteiger partial charge in [-0.15, -0.1) is 0 Å². The van der Waals surface area contributed by atoms with Crippen LogP contribution in [0.15, 0.2) is 30.3 Å². The van der Waals surface area contributed by atoms with Crippen molar-refractivity contribution in [1.82, 2.24) is 4.90 Å². The Labute approximate surface area is 134 Å². The minimum Gasteiger partial charge on any atom is -0.469 e. The third kappa shape index (κ3) is 2.43. The summed E-state index contributed by atoms with van der Waals surface area (Å²) in [5.74, 6) is -2.63. The van der Waals surface area contributed by atoms with Crippen LogP contribution in [-0.2, 0) is 19.1 Å². The van der Waals surface area contributed by atoms with Crippen LogP contribution in [0, 0.1) is 11.8 Å². The summed E-state index contributed by atoms with van der Waals surface area (Å²) in [6, 6.07) is 8.01. The molecule has 0 aliphatic carbocycles. The van der Waals surface area contributed by atoms with Crippen molar-refractivity contribution < 1.29 is 23.9 Å². The van der Waals surface area contributed by atoms with Crippen LogP contribution >= 0.6 is 0 Å². The van der Waals surface area contributed by atoms with Gasteiger partial charge in [0.2, 0.25) is 0 Å². The lowest BCUT2D eigenvalue weighted by molar-refractivity contribution is -0.156. The minimum atomic E-state index is -0.826. The summed E-state index contributed by atoms with van der Waals surface area (Å²) in [6.45, 7) is 0.689. The Morgan fingerprint density at radius 1 is 1.00 bits per heavy atom. The first-order chi connectivity index (χ1) is 11.1. The van der Waals surface area contributed by atoms with Crippen molar-refractivity contribution in [2.45, 2.75) is 18.5 Å². The number of benzene rings is 1. The van der Waals surface area contributed by atoms with Gasteiger partial charge in [-0.05, 0) is 6.42 Å². The monoisotopic (exact) mass is 317 g/mol. The average molecular weight is 317 g/mol. The molecule has 6 heteroatoms. The zero-order chi connectivity index (χ0) is 16.6. The normalized spacial score (nSPS) is 29.3. The molecule has 1 aromatic carbocycles. The molecule has 0 amide bonds. The second-order valence-electron chi connectivity index (χ2n) is 5.87. The van der Waals surface area contributed by atoms with E-state index < -0.39 is 29.8 Å².